The van der Waals surface area contributed by atoms with E-state index in [9.17, 15) is 27.2 Å². The predicted octanol–water partition coefficient (Wildman–Crippen LogP) is 5.32. The van der Waals surface area contributed by atoms with Crippen molar-refractivity contribution in [1.82, 2.24) is 14.3 Å². The first-order valence-corrected chi connectivity index (χ1v) is 10.8. The summed E-state index contributed by atoms with van der Waals surface area (Å²) in [5, 5.41) is 2.22. The minimum absolute atomic E-state index is 0.183. The van der Waals surface area contributed by atoms with Gasteiger partial charge in [0.15, 0.2) is 5.82 Å². The van der Waals surface area contributed by atoms with Crippen LogP contribution < -0.4 is 20.3 Å². The second-order valence-electron chi connectivity index (χ2n) is 7.83. The highest BCUT2D eigenvalue weighted by Crippen LogP contribution is 2.34. The number of nitrogens with one attached hydrogen (secondary N) is 1. The Kier molecular flexibility index (Phi) is 6.55. The Morgan fingerprint density at radius 3 is 2.28 bits per heavy atom. The molecule has 0 fully saturated rings. The lowest BCUT2D eigenvalue weighted by molar-refractivity contribution is -0.0498. The van der Waals surface area contributed by atoms with Gasteiger partial charge >= 0.3 is 6.61 Å². The lowest BCUT2D eigenvalue weighted by Gasteiger charge is -2.13. The Bertz CT molecular complexity index is 1670. The number of alkyl halides is 4. The maximum atomic E-state index is 15.3. The second-order valence-corrected chi connectivity index (χ2v) is 7.83. The smallest absolute Gasteiger partial charge is 0.387 e. The third kappa shape index (κ3) is 5.44. The third-order valence-electron chi connectivity index (χ3n) is 5.46. The van der Waals surface area contributed by atoms with Gasteiger partial charge in [-0.15, -0.1) is 0 Å². The van der Waals surface area contributed by atoms with Crippen molar-refractivity contribution in [3.63, 3.8) is 0 Å². The van der Waals surface area contributed by atoms with E-state index in [0.717, 1.165) is 54.3 Å². The van der Waals surface area contributed by atoms with Gasteiger partial charge in [-0.25, -0.2) is 22.5 Å². The molecule has 0 aliphatic rings. The maximum Gasteiger partial charge on any atom is 0.387 e. The Hall–Kier alpha value is -4.75. The summed E-state index contributed by atoms with van der Waals surface area (Å²) in [6, 6.07) is 7.13. The van der Waals surface area contributed by atoms with Gasteiger partial charge in [-0.1, -0.05) is 0 Å². The summed E-state index contributed by atoms with van der Waals surface area (Å²) in [6.45, 7) is -3.13. The molecule has 4 aromatic rings. The van der Waals surface area contributed by atoms with Gasteiger partial charge < -0.3 is 14.8 Å². The lowest BCUT2D eigenvalue weighted by atomic mass is 10.1. The van der Waals surface area contributed by atoms with Crippen molar-refractivity contribution in [3.8, 4) is 28.6 Å². The van der Waals surface area contributed by atoms with E-state index in [2.05, 4.69) is 19.8 Å². The highest BCUT2D eigenvalue weighted by Gasteiger charge is 2.28. The Morgan fingerprint density at radius 2 is 1.69 bits per heavy atom. The van der Waals surface area contributed by atoms with Gasteiger partial charge in [-0.3, -0.25) is 14.3 Å². The Labute approximate surface area is 220 Å². The van der Waals surface area contributed by atoms with Gasteiger partial charge in [-0.2, -0.15) is 13.5 Å². The van der Waals surface area contributed by atoms with Gasteiger partial charge in [0.25, 0.3) is 17.9 Å². The molecule has 0 unspecified atom stereocenters. The number of benzene rings is 2. The van der Waals surface area contributed by atoms with Crippen LogP contribution in [0.25, 0.3) is 17.1 Å². The van der Waals surface area contributed by atoms with Crippen LogP contribution in [0.2, 0.25) is 0 Å². The lowest BCUT2D eigenvalue weighted by Crippen LogP contribution is -2.23. The zero-order valence-electron chi connectivity index (χ0n) is 22.6. The van der Waals surface area contributed by atoms with E-state index in [1.807, 2.05) is 0 Å². The van der Waals surface area contributed by atoms with E-state index in [1.54, 1.807) is 0 Å². The molecule has 39 heavy (non-hydrogen) atoms. The molecule has 0 bridgehead atoms. The normalized spacial score (nSPS) is 12.7. The number of halogens is 6. The number of carbonyl (C=O) groups is 1. The summed E-state index contributed by atoms with van der Waals surface area (Å²) in [6.07, 6.45) is -1.99. The standard InChI is InChI=1S/C25H18F6N4O4/c1-34-21(19-16(26)10-15(38-2)11-17(19)27)20(24(37)35(34)18-9-13(22(28)29)7-8-32-18)33-23(36)12-3-5-14(6-4-12)39-25(30)31/h3-11,22,25H,1-2H3,(H,33,36)/i2D3. The SMILES string of the molecule is [2H]C([2H])([2H])Oc1cc(F)c(-c2c(NC(=O)c3ccc(OC(F)F)cc3)c(=O)n(-c3cc(C(F)F)ccn3)n2C)c(F)c1. The minimum atomic E-state index is -3.13. The molecule has 0 aliphatic heterocycles. The average molecular weight is 555 g/mol. The van der Waals surface area contributed by atoms with Crippen LogP contribution in [0.4, 0.5) is 32.0 Å². The number of rotatable bonds is 8. The largest absolute Gasteiger partial charge is 0.497 e. The molecular weight excluding hydrogens is 534 g/mol. The summed E-state index contributed by atoms with van der Waals surface area (Å²) in [7, 11) is -1.92. The first kappa shape index (κ1) is 23.4. The highest BCUT2D eigenvalue weighted by molar-refractivity contribution is 6.06. The fourth-order valence-electron chi connectivity index (χ4n) is 3.76. The monoisotopic (exact) mass is 555 g/mol. The van der Waals surface area contributed by atoms with Crippen LogP contribution in [0, 0.1) is 11.6 Å². The molecule has 0 aliphatic carbocycles. The highest BCUT2D eigenvalue weighted by atomic mass is 19.3. The molecule has 4 rings (SSSR count). The maximum absolute atomic E-state index is 15.3. The number of hydrogen-bond donors (Lipinski definition) is 1. The number of pyridine rings is 1. The van der Waals surface area contributed by atoms with E-state index in [4.69, 9.17) is 4.11 Å². The summed E-state index contributed by atoms with van der Waals surface area (Å²) >= 11 is 0. The summed E-state index contributed by atoms with van der Waals surface area (Å²) in [4.78, 5) is 30.4. The van der Waals surface area contributed by atoms with Crippen molar-refractivity contribution < 1.29 is 44.7 Å². The molecule has 1 amide bonds. The molecule has 0 atom stereocenters. The van der Waals surface area contributed by atoms with E-state index < -0.39 is 77.3 Å². The number of ether oxygens (including phenoxy) is 2. The molecule has 204 valence electrons. The fraction of sp³-hybridized carbons (Fsp3) is 0.160. The van der Waals surface area contributed by atoms with Crippen LogP contribution in [0.5, 0.6) is 11.5 Å². The van der Waals surface area contributed by atoms with Gasteiger partial charge in [0.1, 0.15) is 34.5 Å². The third-order valence-corrected chi connectivity index (χ3v) is 5.46. The van der Waals surface area contributed by atoms with Crippen LogP contribution in [-0.4, -0.2) is 33.9 Å². The molecule has 0 spiro atoms. The van der Waals surface area contributed by atoms with Crippen LogP contribution in [0.1, 0.15) is 26.5 Å². The number of nitrogens with zero attached hydrogens (tertiary/aromatic N) is 3. The number of aromatic nitrogens is 3. The molecule has 2 aromatic carbocycles. The minimum Gasteiger partial charge on any atom is -0.497 e. The number of hydrogen-bond acceptors (Lipinski definition) is 5. The molecule has 1 N–H and O–H groups in total. The number of amides is 1. The van der Waals surface area contributed by atoms with Crippen LogP contribution in [0.15, 0.2) is 59.5 Å². The quantitative estimate of drug-likeness (QED) is 0.298. The van der Waals surface area contributed by atoms with Crippen molar-refractivity contribution in [2.24, 2.45) is 7.05 Å². The Balaban J connectivity index is 1.88. The van der Waals surface area contributed by atoms with Crippen molar-refractivity contribution in [1.29, 1.82) is 0 Å². The van der Waals surface area contributed by atoms with Gasteiger partial charge in [0.05, 0.1) is 16.7 Å². The second kappa shape index (κ2) is 10.9. The first-order valence-electron chi connectivity index (χ1n) is 12.3. The number of methoxy groups -OCH3 is 1. The number of carbonyl (C=O) groups excluding carboxylic acids is 1. The van der Waals surface area contributed by atoms with E-state index in [-0.39, 0.29) is 11.3 Å². The molecule has 2 heterocycles. The molecule has 14 heteroatoms. The fourth-order valence-corrected chi connectivity index (χ4v) is 3.76. The first-order chi connectivity index (χ1) is 19.7. The molecule has 2 aromatic heterocycles. The topological polar surface area (TPSA) is 87.4 Å². The molecule has 0 saturated carbocycles. The molecular formula is C25H18F6N4O4. The van der Waals surface area contributed by atoms with Crippen molar-refractivity contribution >= 4 is 11.6 Å². The van der Waals surface area contributed by atoms with E-state index in [1.165, 1.54) is 0 Å². The van der Waals surface area contributed by atoms with Crippen LogP contribution in [0.3, 0.4) is 0 Å². The van der Waals surface area contributed by atoms with E-state index in [0.29, 0.717) is 16.8 Å². The summed E-state index contributed by atoms with van der Waals surface area (Å²) in [5.41, 5.74) is -4.08. The van der Waals surface area contributed by atoms with Crippen molar-refractivity contribution in [3.05, 3.63) is 87.8 Å². The van der Waals surface area contributed by atoms with Crippen LogP contribution >= 0.6 is 0 Å². The number of anilines is 1. The molecule has 0 radical (unpaired) electrons. The van der Waals surface area contributed by atoms with Crippen molar-refractivity contribution in [2.45, 2.75) is 13.0 Å². The van der Waals surface area contributed by atoms with Gasteiger partial charge in [-0.05, 0) is 36.4 Å². The van der Waals surface area contributed by atoms with E-state index >= 15 is 8.78 Å². The Morgan fingerprint density at radius 1 is 1.03 bits per heavy atom. The van der Waals surface area contributed by atoms with Gasteiger partial charge in [0.2, 0.25) is 0 Å². The molecule has 8 nitrogen and oxygen atoms in total. The van der Waals surface area contributed by atoms with Gasteiger partial charge in [0, 0.05) is 36.5 Å². The average Bonchev–Trinajstić information content (AvgIpc) is 3.11. The zero-order valence-corrected chi connectivity index (χ0v) is 19.6. The van der Waals surface area contributed by atoms with Crippen LogP contribution in [-0.2, 0) is 7.05 Å². The zero-order chi connectivity index (χ0) is 30.9. The van der Waals surface area contributed by atoms with Crippen molar-refractivity contribution in [2.75, 3.05) is 12.4 Å². The molecule has 0 saturated heterocycles. The summed E-state index contributed by atoms with van der Waals surface area (Å²) < 4.78 is 114. The predicted molar refractivity (Wildman–Crippen MR) is 127 cm³/mol. The summed E-state index contributed by atoms with van der Waals surface area (Å²) in [5.74, 6) is -5.20.